The van der Waals surface area contributed by atoms with Crippen molar-refractivity contribution in [3.8, 4) is 5.82 Å². The van der Waals surface area contributed by atoms with E-state index in [1.807, 2.05) is 18.2 Å². The molecule has 0 unspecified atom stereocenters. The second-order valence-electron chi connectivity index (χ2n) is 10.3. The Balaban J connectivity index is 0.000000507. The van der Waals surface area contributed by atoms with Gasteiger partial charge in [-0.3, -0.25) is 9.36 Å². The lowest BCUT2D eigenvalue weighted by atomic mass is 9.91. The molecule has 0 bridgehead atoms. The minimum absolute atomic E-state index is 0.00800. The molecule has 4 aromatic rings. The van der Waals surface area contributed by atoms with Crippen molar-refractivity contribution >= 4 is 35.2 Å². The van der Waals surface area contributed by atoms with Gasteiger partial charge in [0, 0.05) is 36.6 Å². The molecule has 42 heavy (non-hydrogen) atoms. The molecule has 1 saturated carbocycles. The van der Waals surface area contributed by atoms with E-state index in [2.05, 4.69) is 37.8 Å². The first-order valence-electron chi connectivity index (χ1n) is 14.0. The Morgan fingerprint density at radius 3 is 2.43 bits per heavy atom. The summed E-state index contributed by atoms with van der Waals surface area (Å²) in [7, 11) is 0. The van der Waals surface area contributed by atoms with Crippen LogP contribution in [0.4, 0.5) is 11.8 Å². The van der Waals surface area contributed by atoms with Gasteiger partial charge in [-0.15, -0.1) is 0 Å². The molecule has 11 heteroatoms. The van der Waals surface area contributed by atoms with Crippen LogP contribution in [0.15, 0.2) is 73.3 Å². The second kappa shape index (κ2) is 15.5. The van der Waals surface area contributed by atoms with Gasteiger partial charge in [-0.2, -0.15) is 9.97 Å². The number of halogens is 1. The van der Waals surface area contributed by atoms with E-state index >= 15 is 0 Å². The van der Waals surface area contributed by atoms with Crippen molar-refractivity contribution in [2.24, 2.45) is 5.92 Å². The van der Waals surface area contributed by atoms with Gasteiger partial charge in [-0.25, -0.2) is 9.78 Å². The second-order valence-corrected chi connectivity index (χ2v) is 10.7. The van der Waals surface area contributed by atoms with Gasteiger partial charge in [0.15, 0.2) is 0 Å². The molecule has 0 atom stereocenters. The number of carboxylic acid groups (broad SMARTS) is 1. The highest BCUT2D eigenvalue weighted by atomic mass is 35.5. The number of carbonyl (C=O) groups excluding carboxylic acids is 1. The maximum Gasteiger partial charge on any atom is 0.335 e. The fourth-order valence-corrected chi connectivity index (χ4v) is 4.60. The molecule has 0 spiro atoms. The molecule has 4 N–H and O–H groups in total. The Kier molecular flexibility index (Phi) is 11.3. The molecule has 1 fully saturated rings. The maximum absolute atomic E-state index is 12.3. The summed E-state index contributed by atoms with van der Waals surface area (Å²) < 4.78 is 1.71. The molecule has 0 saturated heterocycles. The van der Waals surface area contributed by atoms with Crippen LogP contribution in [0.2, 0.25) is 5.02 Å². The van der Waals surface area contributed by atoms with Gasteiger partial charge in [0.2, 0.25) is 11.9 Å². The van der Waals surface area contributed by atoms with Crippen LogP contribution in [0.3, 0.4) is 0 Å². The normalized spacial score (nSPS) is 13.0. The molecule has 0 radical (unpaired) electrons. The first kappa shape index (κ1) is 30.5. The standard InChI is InChI=1S/C24H22ClN7O3.C7H14/c25-19-6-4-16(5-7-19)12-28-22(33)14-27-20-11-21(32-9-8-26-15-32)31-24(30-20)29-13-17-2-1-3-18(10-17)23(34)35;1-7-5-3-2-4-6-7/h1-11,15H,12-14H2,(H,28,33)(H,34,35)(H2,27,29,30,31);7H,2-6H2,1H3. The highest BCUT2D eigenvalue weighted by Gasteiger charge is 2.10. The number of aromatic nitrogens is 4. The summed E-state index contributed by atoms with van der Waals surface area (Å²) in [5.74, 6) is 1.12. The van der Waals surface area contributed by atoms with Crippen molar-refractivity contribution in [1.82, 2.24) is 24.8 Å². The SMILES string of the molecule is CC1CCCCC1.O=C(CNc1cc(-n2ccnc2)nc(NCc2cccc(C(=O)O)c2)n1)NCc1ccc(Cl)cc1. The topological polar surface area (TPSA) is 134 Å². The van der Waals surface area contributed by atoms with Crippen molar-refractivity contribution in [2.75, 3.05) is 17.2 Å². The predicted octanol–water partition coefficient (Wildman–Crippen LogP) is 5.94. The number of hydrogen-bond acceptors (Lipinski definition) is 7. The molecule has 1 aliphatic carbocycles. The fourth-order valence-electron chi connectivity index (χ4n) is 4.47. The summed E-state index contributed by atoms with van der Waals surface area (Å²) in [6.07, 6.45) is 12.4. The van der Waals surface area contributed by atoms with Crippen molar-refractivity contribution in [1.29, 1.82) is 0 Å². The van der Waals surface area contributed by atoms with Crippen LogP contribution in [-0.4, -0.2) is 43.0 Å². The highest BCUT2D eigenvalue weighted by Crippen LogP contribution is 2.22. The quantitative estimate of drug-likeness (QED) is 0.178. The van der Waals surface area contributed by atoms with Crippen LogP contribution < -0.4 is 16.0 Å². The van der Waals surface area contributed by atoms with E-state index in [1.54, 1.807) is 53.6 Å². The molecular formula is C31H36ClN7O3. The number of benzene rings is 2. The van der Waals surface area contributed by atoms with Gasteiger partial charge in [-0.1, -0.05) is 74.9 Å². The molecule has 2 heterocycles. The maximum atomic E-state index is 12.3. The Morgan fingerprint density at radius 1 is 0.976 bits per heavy atom. The summed E-state index contributed by atoms with van der Waals surface area (Å²) in [6, 6.07) is 15.5. The number of nitrogens with zero attached hydrogens (tertiary/aromatic N) is 4. The van der Waals surface area contributed by atoms with E-state index in [-0.39, 0.29) is 18.0 Å². The molecule has 1 amide bonds. The summed E-state index contributed by atoms with van der Waals surface area (Å²) in [4.78, 5) is 36.5. The predicted molar refractivity (Wildman–Crippen MR) is 164 cm³/mol. The Labute approximate surface area is 250 Å². The number of hydrogen-bond donors (Lipinski definition) is 4. The molecular weight excluding hydrogens is 554 g/mol. The minimum atomic E-state index is -0.994. The van der Waals surface area contributed by atoms with E-state index in [9.17, 15) is 14.7 Å². The lowest BCUT2D eigenvalue weighted by molar-refractivity contribution is -0.119. The summed E-state index contributed by atoms with van der Waals surface area (Å²) in [6.45, 7) is 3.06. The number of nitrogens with one attached hydrogen (secondary N) is 3. The lowest BCUT2D eigenvalue weighted by Gasteiger charge is -2.15. The van der Waals surface area contributed by atoms with Crippen molar-refractivity contribution in [3.63, 3.8) is 0 Å². The van der Waals surface area contributed by atoms with Crippen molar-refractivity contribution in [2.45, 2.75) is 52.1 Å². The van der Waals surface area contributed by atoms with Gasteiger partial charge in [0.25, 0.3) is 0 Å². The average molecular weight is 590 g/mol. The number of amides is 1. The monoisotopic (exact) mass is 589 g/mol. The highest BCUT2D eigenvalue weighted by molar-refractivity contribution is 6.30. The smallest absolute Gasteiger partial charge is 0.335 e. The third kappa shape index (κ3) is 9.88. The summed E-state index contributed by atoms with van der Waals surface area (Å²) in [5.41, 5.74) is 1.90. The Hall–Kier alpha value is -4.44. The number of carboxylic acids is 1. The molecule has 2 aromatic carbocycles. The zero-order valence-electron chi connectivity index (χ0n) is 23.6. The Morgan fingerprint density at radius 2 is 1.76 bits per heavy atom. The summed E-state index contributed by atoms with van der Waals surface area (Å²) in [5, 5.41) is 18.8. The molecule has 0 aliphatic heterocycles. The minimum Gasteiger partial charge on any atom is -0.478 e. The number of carbonyl (C=O) groups is 2. The zero-order chi connectivity index (χ0) is 29.7. The van der Waals surface area contributed by atoms with Gasteiger partial charge < -0.3 is 21.1 Å². The molecule has 1 aliphatic rings. The summed E-state index contributed by atoms with van der Waals surface area (Å²) >= 11 is 5.89. The number of anilines is 2. The molecule has 2 aromatic heterocycles. The van der Waals surface area contributed by atoms with Crippen LogP contribution >= 0.6 is 11.6 Å². The van der Waals surface area contributed by atoms with Gasteiger partial charge in [0.1, 0.15) is 18.0 Å². The first-order chi connectivity index (χ1) is 20.4. The van der Waals surface area contributed by atoms with Gasteiger partial charge in [-0.05, 0) is 41.3 Å². The van der Waals surface area contributed by atoms with Crippen LogP contribution in [0, 0.1) is 5.92 Å². The third-order valence-corrected chi connectivity index (χ3v) is 7.08. The van der Waals surface area contributed by atoms with Crippen LogP contribution in [-0.2, 0) is 17.9 Å². The van der Waals surface area contributed by atoms with E-state index < -0.39 is 5.97 Å². The zero-order valence-corrected chi connectivity index (χ0v) is 24.3. The lowest BCUT2D eigenvalue weighted by Crippen LogP contribution is -2.29. The number of imidazole rings is 1. The third-order valence-electron chi connectivity index (χ3n) is 6.83. The van der Waals surface area contributed by atoms with E-state index in [1.165, 1.54) is 38.2 Å². The van der Waals surface area contributed by atoms with Crippen LogP contribution in [0.5, 0.6) is 0 Å². The molecule has 5 rings (SSSR count). The average Bonchev–Trinajstić information content (AvgIpc) is 3.55. The van der Waals surface area contributed by atoms with Crippen LogP contribution in [0.1, 0.15) is 60.5 Å². The van der Waals surface area contributed by atoms with E-state index in [4.69, 9.17) is 11.6 Å². The molecule has 10 nitrogen and oxygen atoms in total. The number of aromatic carboxylic acids is 1. The fraction of sp³-hybridized carbons (Fsp3) is 0.323. The van der Waals surface area contributed by atoms with Crippen LogP contribution in [0.25, 0.3) is 5.82 Å². The Bertz CT molecular complexity index is 1440. The molecule has 220 valence electrons. The van der Waals surface area contributed by atoms with E-state index in [0.717, 1.165) is 17.0 Å². The van der Waals surface area contributed by atoms with Gasteiger partial charge >= 0.3 is 5.97 Å². The number of rotatable bonds is 10. The largest absolute Gasteiger partial charge is 0.478 e. The first-order valence-corrected chi connectivity index (χ1v) is 14.4. The van der Waals surface area contributed by atoms with Gasteiger partial charge in [0.05, 0.1) is 12.1 Å². The van der Waals surface area contributed by atoms with E-state index in [0.29, 0.717) is 35.7 Å². The van der Waals surface area contributed by atoms with Crippen molar-refractivity contribution in [3.05, 3.63) is 95.0 Å². The van der Waals surface area contributed by atoms with Crippen molar-refractivity contribution < 1.29 is 14.7 Å².